The normalized spacial score (nSPS) is 17.4. The topological polar surface area (TPSA) is 72.1 Å². The molecule has 6 heteroatoms. The molecule has 0 bridgehead atoms. The maximum Gasteiger partial charge on any atom is 0.235 e. The van der Waals surface area contributed by atoms with Gasteiger partial charge >= 0.3 is 0 Å². The predicted octanol–water partition coefficient (Wildman–Crippen LogP) is 4.53. The molecule has 4 rings (SSSR count). The molecular weight excluding hydrogens is 370 g/mol. The lowest BCUT2D eigenvalue weighted by Gasteiger charge is -2.31. The smallest absolute Gasteiger partial charge is 0.235 e. The number of likely N-dealkylation sites (tertiary alicyclic amines) is 1. The molecule has 152 valence electrons. The van der Waals surface area contributed by atoms with E-state index >= 15 is 0 Å². The number of hydrogen-bond donors (Lipinski definition) is 1. The average molecular weight is 395 g/mol. The Labute approximate surface area is 169 Å². The van der Waals surface area contributed by atoms with Crippen LogP contribution in [-0.2, 0) is 6.54 Å². The summed E-state index contributed by atoms with van der Waals surface area (Å²) in [6.45, 7) is 4.72. The minimum Gasteiger partial charge on any atom is -0.507 e. The van der Waals surface area contributed by atoms with Crippen LogP contribution in [0.3, 0.4) is 0 Å². The van der Waals surface area contributed by atoms with E-state index in [1.807, 2.05) is 0 Å². The van der Waals surface area contributed by atoms with Crippen LogP contribution in [0.1, 0.15) is 25.3 Å². The van der Waals surface area contributed by atoms with Crippen LogP contribution in [0.15, 0.2) is 51.9 Å². The molecule has 2 aromatic carbocycles. The molecule has 1 aliphatic heterocycles. The van der Waals surface area contributed by atoms with Gasteiger partial charge in [0.2, 0.25) is 11.2 Å². The highest BCUT2D eigenvalue weighted by molar-refractivity contribution is 5.83. The van der Waals surface area contributed by atoms with Gasteiger partial charge in [-0.25, -0.2) is 0 Å². The summed E-state index contributed by atoms with van der Waals surface area (Å²) in [7, 11) is 1.57. The number of phenols is 1. The summed E-state index contributed by atoms with van der Waals surface area (Å²) in [5.41, 5.74) is 0.773. The van der Waals surface area contributed by atoms with E-state index in [9.17, 15) is 9.90 Å². The van der Waals surface area contributed by atoms with Gasteiger partial charge < -0.3 is 19.0 Å². The molecule has 0 aliphatic carbocycles. The lowest BCUT2D eigenvalue weighted by molar-refractivity contribution is 0.175. The summed E-state index contributed by atoms with van der Waals surface area (Å²) in [6, 6.07) is 10.2. The van der Waals surface area contributed by atoms with Crippen LogP contribution < -0.4 is 14.9 Å². The Bertz CT molecular complexity index is 1070. The standard InChI is InChI=1S/C23H25NO5/c1-15-5-4-10-24(12-15)13-19-20(25)9-8-18-22(26)21(14-28-23(18)19)29-17-7-3-6-16(11-17)27-2/h3,6-9,11,14-15,25H,4-5,10,12-13H2,1-2H3/t15-/m1/s1. The number of aromatic hydroxyl groups is 1. The van der Waals surface area contributed by atoms with Crippen molar-refractivity contribution >= 4 is 11.0 Å². The highest BCUT2D eigenvalue weighted by atomic mass is 16.5. The molecule has 3 aromatic rings. The number of benzene rings is 2. The molecule has 29 heavy (non-hydrogen) atoms. The van der Waals surface area contributed by atoms with Crippen LogP contribution in [0.25, 0.3) is 11.0 Å². The van der Waals surface area contributed by atoms with Crippen molar-refractivity contribution in [3.05, 3.63) is 58.4 Å². The van der Waals surface area contributed by atoms with E-state index in [1.54, 1.807) is 43.5 Å². The van der Waals surface area contributed by atoms with Crippen molar-refractivity contribution in [1.29, 1.82) is 0 Å². The zero-order valence-electron chi connectivity index (χ0n) is 16.7. The summed E-state index contributed by atoms with van der Waals surface area (Å²) in [5.74, 6) is 1.97. The van der Waals surface area contributed by atoms with Crippen molar-refractivity contribution in [2.24, 2.45) is 5.92 Å². The number of hydrogen-bond acceptors (Lipinski definition) is 6. The van der Waals surface area contributed by atoms with E-state index in [4.69, 9.17) is 13.9 Å². The first-order chi connectivity index (χ1) is 14.0. The molecule has 0 amide bonds. The highest BCUT2D eigenvalue weighted by Crippen LogP contribution is 2.31. The van der Waals surface area contributed by atoms with Gasteiger partial charge in [0, 0.05) is 19.2 Å². The molecule has 1 saturated heterocycles. The van der Waals surface area contributed by atoms with Gasteiger partial charge in [-0.15, -0.1) is 0 Å². The second kappa shape index (κ2) is 8.17. The minimum atomic E-state index is -0.276. The first kappa shape index (κ1) is 19.3. The number of ether oxygens (including phenoxy) is 2. The van der Waals surface area contributed by atoms with Crippen molar-refractivity contribution in [3.63, 3.8) is 0 Å². The average Bonchev–Trinajstić information content (AvgIpc) is 2.72. The second-order valence-corrected chi connectivity index (χ2v) is 7.63. The lowest BCUT2D eigenvalue weighted by atomic mass is 9.99. The number of nitrogens with zero attached hydrogens (tertiary/aromatic N) is 1. The lowest BCUT2D eigenvalue weighted by Crippen LogP contribution is -2.33. The Morgan fingerprint density at radius 2 is 2.07 bits per heavy atom. The molecule has 0 radical (unpaired) electrons. The Kier molecular flexibility index (Phi) is 5.45. The summed E-state index contributed by atoms with van der Waals surface area (Å²) in [6.07, 6.45) is 3.67. The van der Waals surface area contributed by atoms with Crippen molar-refractivity contribution in [2.45, 2.75) is 26.3 Å². The summed E-state index contributed by atoms with van der Waals surface area (Å²) in [5, 5.41) is 10.8. The second-order valence-electron chi connectivity index (χ2n) is 7.63. The Morgan fingerprint density at radius 1 is 1.24 bits per heavy atom. The third-order valence-corrected chi connectivity index (χ3v) is 5.38. The van der Waals surface area contributed by atoms with E-state index in [2.05, 4.69) is 11.8 Å². The Morgan fingerprint density at radius 3 is 2.86 bits per heavy atom. The monoisotopic (exact) mass is 395 g/mol. The number of fused-ring (bicyclic) bond motifs is 1. The van der Waals surface area contributed by atoms with Gasteiger partial charge in [0.15, 0.2) is 0 Å². The summed E-state index contributed by atoms with van der Waals surface area (Å²) < 4.78 is 16.7. The first-order valence-corrected chi connectivity index (χ1v) is 9.85. The Balaban J connectivity index is 1.67. The van der Waals surface area contributed by atoms with Crippen molar-refractivity contribution < 1.29 is 19.0 Å². The fourth-order valence-corrected chi connectivity index (χ4v) is 3.90. The van der Waals surface area contributed by atoms with Gasteiger partial charge in [0.25, 0.3) is 0 Å². The van der Waals surface area contributed by atoms with Gasteiger partial charge in [0.05, 0.1) is 18.1 Å². The van der Waals surface area contributed by atoms with Crippen LogP contribution >= 0.6 is 0 Å². The van der Waals surface area contributed by atoms with Gasteiger partial charge in [0.1, 0.15) is 29.1 Å². The fourth-order valence-electron chi connectivity index (χ4n) is 3.90. The minimum absolute atomic E-state index is 0.0917. The van der Waals surface area contributed by atoms with Crippen LogP contribution in [0, 0.1) is 5.92 Å². The molecule has 0 spiro atoms. The zero-order valence-corrected chi connectivity index (χ0v) is 16.7. The highest BCUT2D eigenvalue weighted by Gasteiger charge is 2.21. The molecule has 1 aromatic heterocycles. The fraction of sp³-hybridized carbons (Fsp3) is 0.348. The number of rotatable bonds is 5. The molecule has 1 N–H and O–H groups in total. The van der Waals surface area contributed by atoms with Gasteiger partial charge in [-0.2, -0.15) is 0 Å². The third kappa shape index (κ3) is 4.07. The maximum absolute atomic E-state index is 13.0. The van der Waals surface area contributed by atoms with Crippen molar-refractivity contribution in [2.75, 3.05) is 20.2 Å². The van der Waals surface area contributed by atoms with Crippen molar-refractivity contribution in [1.82, 2.24) is 4.90 Å². The molecule has 2 heterocycles. The molecule has 6 nitrogen and oxygen atoms in total. The largest absolute Gasteiger partial charge is 0.507 e. The molecule has 1 aliphatic rings. The van der Waals surface area contributed by atoms with Crippen LogP contribution in [0.4, 0.5) is 0 Å². The van der Waals surface area contributed by atoms with Crippen LogP contribution in [0.5, 0.6) is 23.0 Å². The first-order valence-electron chi connectivity index (χ1n) is 9.85. The number of piperidine rings is 1. The molecule has 0 unspecified atom stereocenters. The summed E-state index contributed by atoms with van der Waals surface area (Å²) >= 11 is 0. The van der Waals surface area contributed by atoms with E-state index in [0.29, 0.717) is 40.5 Å². The van der Waals surface area contributed by atoms with E-state index in [1.165, 1.54) is 12.7 Å². The van der Waals surface area contributed by atoms with E-state index in [-0.39, 0.29) is 16.9 Å². The Hall–Kier alpha value is -2.99. The van der Waals surface area contributed by atoms with E-state index in [0.717, 1.165) is 19.5 Å². The quantitative estimate of drug-likeness (QED) is 0.684. The predicted molar refractivity (Wildman–Crippen MR) is 111 cm³/mol. The van der Waals surface area contributed by atoms with Gasteiger partial charge in [-0.3, -0.25) is 9.69 Å². The van der Waals surface area contributed by atoms with E-state index < -0.39 is 0 Å². The van der Waals surface area contributed by atoms with Gasteiger partial charge in [-0.05, 0) is 49.6 Å². The molecule has 1 atom stereocenters. The third-order valence-electron chi connectivity index (χ3n) is 5.38. The number of methoxy groups -OCH3 is 1. The number of phenolic OH excluding ortho intramolecular Hbond substituents is 1. The SMILES string of the molecule is COc1cccc(Oc2coc3c(CN4CCC[C@@H](C)C4)c(O)ccc3c2=O)c1. The summed E-state index contributed by atoms with van der Waals surface area (Å²) in [4.78, 5) is 15.3. The van der Waals surface area contributed by atoms with Gasteiger partial charge in [-0.1, -0.05) is 13.0 Å². The van der Waals surface area contributed by atoms with Crippen molar-refractivity contribution in [3.8, 4) is 23.0 Å². The van der Waals surface area contributed by atoms with Crippen LogP contribution in [-0.4, -0.2) is 30.2 Å². The zero-order chi connectivity index (χ0) is 20.4. The molecule has 1 fully saturated rings. The maximum atomic E-state index is 13.0. The molecule has 0 saturated carbocycles. The molecular formula is C23H25NO5. The van der Waals surface area contributed by atoms with Crippen LogP contribution in [0.2, 0.25) is 0 Å².